The third kappa shape index (κ3) is 2.29. The number of amides is 1. The molecule has 0 saturated heterocycles. The summed E-state index contributed by atoms with van der Waals surface area (Å²) in [6, 6.07) is 9.51. The highest BCUT2D eigenvalue weighted by Crippen LogP contribution is 2.04. The van der Waals surface area contributed by atoms with E-state index in [-0.39, 0.29) is 0 Å². The Hall–Kier alpha value is -1.51. The molecule has 3 nitrogen and oxygen atoms in total. The van der Waals surface area contributed by atoms with E-state index < -0.39 is 0 Å². The summed E-state index contributed by atoms with van der Waals surface area (Å²) in [7, 11) is 1.65. The molecule has 1 aromatic carbocycles. The Morgan fingerprint density at radius 3 is 2.55 bits per heavy atom. The number of nitrogens with zero attached hydrogens (tertiary/aromatic N) is 1. The molecule has 0 unspecified atom stereocenters. The van der Waals surface area contributed by atoms with Crippen LogP contribution < -0.4 is 5.43 Å². The largest absolute Gasteiger partial charge is 0.297 e. The van der Waals surface area contributed by atoms with Gasteiger partial charge in [0.05, 0.1) is 5.69 Å². The summed E-state index contributed by atoms with van der Waals surface area (Å²) in [6.07, 6.45) is 0.715. The molecule has 0 atom stereocenters. The van der Waals surface area contributed by atoms with Gasteiger partial charge < -0.3 is 0 Å². The Kier molecular flexibility index (Phi) is 2.49. The number of para-hydroxylation sites is 1. The van der Waals surface area contributed by atoms with Gasteiger partial charge in [0.2, 0.25) is 6.41 Å². The van der Waals surface area contributed by atoms with E-state index in [1.165, 1.54) is 5.01 Å². The maximum atomic E-state index is 10.2. The molecule has 11 heavy (non-hydrogen) atoms. The molecule has 0 aliphatic carbocycles. The fourth-order valence-corrected chi connectivity index (χ4v) is 0.743. The van der Waals surface area contributed by atoms with E-state index in [2.05, 4.69) is 5.43 Å². The zero-order chi connectivity index (χ0) is 8.10. The average molecular weight is 150 g/mol. The molecule has 3 heteroatoms. The number of rotatable bonds is 3. The summed E-state index contributed by atoms with van der Waals surface area (Å²) >= 11 is 0. The van der Waals surface area contributed by atoms with E-state index in [4.69, 9.17) is 0 Å². The minimum Gasteiger partial charge on any atom is -0.297 e. The van der Waals surface area contributed by atoms with Crippen molar-refractivity contribution in [1.82, 2.24) is 5.01 Å². The zero-order valence-corrected chi connectivity index (χ0v) is 6.32. The maximum absolute atomic E-state index is 10.2. The Morgan fingerprint density at radius 2 is 2.00 bits per heavy atom. The lowest BCUT2D eigenvalue weighted by atomic mass is 10.3. The van der Waals surface area contributed by atoms with Gasteiger partial charge in [-0.25, -0.2) is 0 Å². The van der Waals surface area contributed by atoms with E-state index in [1.807, 2.05) is 30.3 Å². The second kappa shape index (κ2) is 3.61. The first-order valence-electron chi connectivity index (χ1n) is 3.33. The predicted octanol–water partition coefficient (Wildman–Crippen LogP) is 1.10. The first-order chi connectivity index (χ1) is 5.33. The molecule has 1 rings (SSSR count). The molecule has 58 valence electrons. The van der Waals surface area contributed by atoms with Crippen molar-refractivity contribution < 1.29 is 4.79 Å². The summed E-state index contributed by atoms with van der Waals surface area (Å²) in [5.74, 6) is 0. The van der Waals surface area contributed by atoms with Crippen molar-refractivity contribution in [2.45, 2.75) is 0 Å². The predicted molar refractivity (Wildman–Crippen MR) is 43.9 cm³/mol. The molecule has 1 N–H and O–H groups in total. The minimum absolute atomic E-state index is 0.715. The van der Waals surface area contributed by atoms with Crippen molar-refractivity contribution in [3.8, 4) is 0 Å². The Morgan fingerprint density at radius 1 is 1.36 bits per heavy atom. The number of hydrogen-bond donors (Lipinski definition) is 1. The number of carbonyl (C=O) groups excluding carboxylic acids is 1. The van der Waals surface area contributed by atoms with Gasteiger partial charge in [0.25, 0.3) is 0 Å². The monoisotopic (exact) mass is 150 g/mol. The molecule has 1 aromatic rings. The van der Waals surface area contributed by atoms with Crippen molar-refractivity contribution >= 4 is 12.1 Å². The second-order valence-electron chi connectivity index (χ2n) is 2.19. The van der Waals surface area contributed by atoms with E-state index in [0.717, 1.165) is 5.69 Å². The second-order valence-corrected chi connectivity index (χ2v) is 2.19. The third-order valence-corrected chi connectivity index (χ3v) is 1.24. The van der Waals surface area contributed by atoms with E-state index in [0.29, 0.717) is 6.41 Å². The molecule has 0 radical (unpaired) electrons. The van der Waals surface area contributed by atoms with Crippen LogP contribution in [-0.4, -0.2) is 18.5 Å². The van der Waals surface area contributed by atoms with Crippen LogP contribution >= 0.6 is 0 Å². The highest BCUT2D eigenvalue weighted by Gasteiger charge is 1.90. The zero-order valence-electron chi connectivity index (χ0n) is 6.32. The smallest absolute Gasteiger partial charge is 0.227 e. The van der Waals surface area contributed by atoms with E-state index in [1.54, 1.807) is 7.05 Å². The Balaban J connectivity index is 2.57. The van der Waals surface area contributed by atoms with Gasteiger partial charge in [-0.15, -0.1) is 0 Å². The SMILES string of the molecule is CN(C=O)Nc1ccccc1. The summed E-state index contributed by atoms with van der Waals surface area (Å²) < 4.78 is 0. The van der Waals surface area contributed by atoms with Crippen LogP contribution in [0.3, 0.4) is 0 Å². The summed E-state index contributed by atoms with van der Waals surface area (Å²) in [6.45, 7) is 0. The highest BCUT2D eigenvalue weighted by atomic mass is 16.1. The van der Waals surface area contributed by atoms with Gasteiger partial charge in [-0.2, -0.15) is 0 Å². The minimum atomic E-state index is 0.715. The van der Waals surface area contributed by atoms with Crippen LogP contribution in [0.25, 0.3) is 0 Å². The number of hydrogen-bond acceptors (Lipinski definition) is 2. The molecular formula is C8H10N2O. The first kappa shape index (κ1) is 7.60. The van der Waals surface area contributed by atoms with Crippen LogP contribution in [0, 0.1) is 0 Å². The maximum Gasteiger partial charge on any atom is 0.227 e. The van der Waals surface area contributed by atoms with Crippen LogP contribution in [0.4, 0.5) is 5.69 Å². The number of benzene rings is 1. The highest BCUT2D eigenvalue weighted by molar-refractivity contribution is 5.52. The molecule has 0 heterocycles. The van der Waals surface area contributed by atoms with Gasteiger partial charge in [-0.1, -0.05) is 18.2 Å². The van der Waals surface area contributed by atoms with Crippen LogP contribution in [-0.2, 0) is 4.79 Å². The van der Waals surface area contributed by atoms with Crippen LogP contribution in [0.1, 0.15) is 0 Å². The van der Waals surface area contributed by atoms with Gasteiger partial charge >= 0.3 is 0 Å². The van der Waals surface area contributed by atoms with E-state index >= 15 is 0 Å². The van der Waals surface area contributed by atoms with Crippen molar-refractivity contribution in [1.29, 1.82) is 0 Å². The first-order valence-corrected chi connectivity index (χ1v) is 3.33. The number of nitrogens with one attached hydrogen (secondary N) is 1. The normalized spacial score (nSPS) is 8.82. The van der Waals surface area contributed by atoms with Gasteiger partial charge in [-0.05, 0) is 12.1 Å². The molecule has 0 aliphatic rings. The summed E-state index contributed by atoms with van der Waals surface area (Å²) in [4.78, 5) is 10.2. The lowest BCUT2D eigenvalue weighted by Crippen LogP contribution is -2.22. The van der Waals surface area contributed by atoms with Crippen molar-refractivity contribution in [3.05, 3.63) is 30.3 Å². The molecule has 0 bridgehead atoms. The standard InChI is InChI=1S/C8H10N2O/c1-10(7-11)9-8-5-3-2-4-6-8/h2-7,9H,1H3. The Labute approximate surface area is 65.6 Å². The quantitative estimate of drug-likeness (QED) is 0.517. The van der Waals surface area contributed by atoms with Gasteiger partial charge in [-0.3, -0.25) is 15.2 Å². The van der Waals surface area contributed by atoms with Crippen molar-refractivity contribution in [2.24, 2.45) is 0 Å². The molecule has 0 saturated carbocycles. The van der Waals surface area contributed by atoms with Crippen LogP contribution in [0.5, 0.6) is 0 Å². The third-order valence-electron chi connectivity index (χ3n) is 1.24. The van der Waals surface area contributed by atoms with Gasteiger partial charge in [0, 0.05) is 7.05 Å². The molecule has 0 aromatic heterocycles. The van der Waals surface area contributed by atoms with Crippen molar-refractivity contribution in [3.63, 3.8) is 0 Å². The summed E-state index contributed by atoms with van der Waals surface area (Å²) in [5, 5.41) is 1.36. The molecular weight excluding hydrogens is 140 g/mol. The van der Waals surface area contributed by atoms with Crippen LogP contribution in [0.2, 0.25) is 0 Å². The number of hydrazine groups is 1. The fraction of sp³-hybridized carbons (Fsp3) is 0.125. The molecule has 0 aliphatic heterocycles. The molecule has 1 amide bonds. The lowest BCUT2D eigenvalue weighted by Gasteiger charge is -2.12. The lowest BCUT2D eigenvalue weighted by molar-refractivity contribution is -0.115. The van der Waals surface area contributed by atoms with E-state index in [9.17, 15) is 4.79 Å². The van der Waals surface area contributed by atoms with Gasteiger partial charge in [0.15, 0.2) is 0 Å². The number of carbonyl (C=O) groups is 1. The average Bonchev–Trinajstić information content (AvgIpc) is 2.06. The van der Waals surface area contributed by atoms with Crippen molar-refractivity contribution in [2.75, 3.05) is 12.5 Å². The fourth-order valence-electron chi connectivity index (χ4n) is 0.743. The molecule has 0 spiro atoms. The topological polar surface area (TPSA) is 32.3 Å². The van der Waals surface area contributed by atoms with Gasteiger partial charge in [0.1, 0.15) is 0 Å². The Bertz CT molecular complexity index is 223. The molecule has 0 fully saturated rings. The van der Waals surface area contributed by atoms with Crippen LogP contribution in [0.15, 0.2) is 30.3 Å². The summed E-state index contributed by atoms with van der Waals surface area (Å²) in [5.41, 5.74) is 3.76. The number of anilines is 1.